The van der Waals surface area contributed by atoms with Crippen molar-refractivity contribution in [3.8, 4) is 0 Å². The molecule has 0 aliphatic rings. The number of carbonyl (C=O) groups is 1. The Morgan fingerprint density at radius 2 is 2.20 bits per heavy atom. The summed E-state index contributed by atoms with van der Waals surface area (Å²) in [6, 6.07) is 3.81. The zero-order chi connectivity index (χ0) is 11.5. The second-order valence-electron chi connectivity index (χ2n) is 4.12. The molecular formula is C11H17NO3. The van der Waals surface area contributed by atoms with Crippen molar-refractivity contribution < 1.29 is 14.3 Å². The fourth-order valence-corrected chi connectivity index (χ4v) is 1.19. The molecule has 1 aromatic rings. The maximum atomic E-state index is 10.8. The number of carboxylic acid groups (broad SMARTS) is 1. The minimum atomic E-state index is -0.887. The van der Waals surface area contributed by atoms with Crippen molar-refractivity contribution in [1.82, 2.24) is 5.32 Å². The highest BCUT2D eigenvalue weighted by atomic mass is 16.4. The largest absolute Gasteiger partial charge is 0.480 e. The van der Waals surface area contributed by atoms with E-state index in [-0.39, 0.29) is 0 Å². The predicted molar refractivity (Wildman–Crippen MR) is 56.9 cm³/mol. The van der Waals surface area contributed by atoms with Gasteiger partial charge in [0.2, 0.25) is 0 Å². The van der Waals surface area contributed by atoms with Gasteiger partial charge in [0.1, 0.15) is 17.1 Å². The molecular weight excluding hydrogens is 194 g/mol. The molecule has 15 heavy (non-hydrogen) atoms. The zero-order valence-corrected chi connectivity index (χ0v) is 9.33. The van der Waals surface area contributed by atoms with Crippen LogP contribution in [0.2, 0.25) is 0 Å². The molecule has 1 heterocycles. The lowest BCUT2D eigenvalue weighted by molar-refractivity contribution is -0.143. The van der Waals surface area contributed by atoms with E-state index in [2.05, 4.69) is 5.32 Å². The lowest BCUT2D eigenvalue weighted by atomic mass is 10.1. The lowest BCUT2D eigenvalue weighted by Gasteiger charge is -2.20. The van der Waals surface area contributed by atoms with Gasteiger partial charge in [-0.25, -0.2) is 0 Å². The minimum absolute atomic E-state index is 0.590. The van der Waals surface area contributed by atoms with E-state index in [0.717, 1.165) is 11.5 Å². The van der Waals surface area contributed by atoms with Gasteiger partial charge in [-0.3, -0.25) is 4.79 Å². The molecule has 0 amide bonds. The number of aryl methyl sites for hydroxylation is 1. The van der Waals surface area contributed by atoms with Crippen molar-refractivity contribution >= 4 is 5.97 Å². The molecule has 4 nitrogen and oxygen atoms in total. The summed E-state index contributed by atoms with van der Waals surface area (Å²) in [7, 11) is 0. The molecule has 1 aromatic heterocycles. The van der Waals surface area contributed by atoms with E-state index in [1.165, 1.54) is 0 Å². The number of hydrogen-bond donors (Lipinski definition) is 2. The summed E-state index contributed by atoms with van der Waals surface area (Å²) in [5.41, 5.74) is -0.887. The molecule has 84 valence electrons. The summed E-state index contributed by atoms with van der Waals surface area (Å²) in [5.74, 6) is 0.904. The molecule has 0 aliphatic heterocycles. The number of carboxylic acids is 1. The third-order valence-corrected chi connectivity index (χ3v) is 2.27. The van der Waals surface area contributed by atoms with Crippen LogP contribution >= 0.6 is 0 Å². The summed E-state index contributed by atoms with van der Waals surface area (Å²) in [5, 5.41) is 11.8. The van der Waals surface area contributed by atoms with Crippen molar-refractivity contribution in [3.05, 3.63) is 23.7 Å². The van der Waals surface area contributed by atoms with Gasteiger partial charge in [0.15, 0.2) is 0 Å². The molecule has 0 bridgehead atoms. The molecule has 1 rings (SSSR count). The fraction of sp³-hybridized carbons (Fsp3) is 0.545. The van der Waals surface area contributed by atoms with E-state index < -0.39 is 11.5 Å². The highest BCUT2D eigenvalue weighted by Crippen LogP contribution is 2.07. The van der Waals surface area contributed by atoms with Gasteiger partial charge in [-0.2, -0.15) is 0 Å². The van der Waals surface area contributed by atoms with Gasteiger partial charge in [-0.1, -0.05) is 0 Å². The Morgan fingerprint density at radius 1 is 1.53 bits per heavy atom. The van der Waals surface area contributed by atoms with Crippen LogP contribution in [0.25, 0.3) is 0 Å². The average molecular weight is 211 g/mol. The van der Waals surface area contributed by atoms with Gasteiger partial charge < -0.3 is 14.8 Å². The second-order valence-corrected chi connectivity index (χ2v) is 4.12. The molecule has 0 radical (unpaired) electrons. The van der Waals surface area contributed by atoms with E-state index >= 15 is 0 Å². The van der Waals surface area contributed by atoms with Crippen LogP contribution in [0.15, 0.2) is 16.5 Å². The molecule has 0 fully saturated rings. The SMILES string of the molecule is Cc1ccc(CCNC(C)(C)C(=O)O)o1. The maximum Gasteiger partial charge on any atom is 0.323 e. The first kappa shape index (κ1) is 11.8. The molecule has 0 unspecified atom stereocenters. The van der Waals surface area contributed by atoms with Crippen LogP contribution in [-0.2, 0) is 11.2 Å². The fourth-order valence-electron chi connectivity index (χ4n) is 1.19. The van der Waals surface area contributed by atoms with Crippen molar-refractivity contribution in [2.75, 3.05) is 6.54 Å². The Kier molecular flexibility index (Phi) is 3.52. The first-order valence-corrected chi connectivity index (χ1v) is 4.95. The van der Waals surface area contributed by atoms with Crippen LogP contribution in [-0.4, -0.2) is 23.2 Å². The summed E-state index contributed by atoms with van der Waals surface area (Å²) in [6.07, 6.45) is 0.699. The monoisotopic (exact) mass is 211 g/mol. The molecule has 4 heteroatoms. The van der Waals surface area contributed by atoms with Crippen LogP contribution in [0.1, 0.15) is 25.4 Å². The molecule has 2 N–H and O–H groups in total. The van der Waals surface area contributed by atoms with Crippen LogP contribution in [0.3, 0.4) is 0 Å². The van der Waals surface area contributed by atoms with Crippen LogP contribution in [0, 0.1) is 6.92 Å². The van der Waals surface area contributed by atoms with Crippen molar-refractivity contribution in [2.45, 2.75) is 32.7 Å². The number of nitrogens with one attached hydrogen (secondary N) is 1. The van der Waals surface area contributed by atoms with Crippen molar-refractivity contribution in [3.63, 3.8) is 0 Å². The topological polar surface area (TPSA) is 62.5 Å². The average Bonchev–Trinajstić information content (AvgIpc) is 2.51. The Bertz CT molecular complexity index is 341. The van der Waals surface area contributed by atoms with E-state index in [1.807, 2.05) is 19.1 Å². The van der Waals surface area contributed by atoms with E-state index in [9.17, 15) is 4.79 Å². The van der Waals surface area contributed by atoms with Gasteiger partial charge in [-0.05, 0) is 32.9 Å². The number of furan rings is 1. The summed E-state index contributed by atoms with van der Waals surface area (Å²) >= 11 is 0. The van der Waals surface area contributed by atoms with Crippen molar-refractivity contribution in [2.24, 2.45) is 0 Å². The molecule has 0 saturated heterocycles. The Hall–Kier alpha value is -1.29. The Labute approximate surface area is 89.3 Å². The Morgan fingerprint density at radius 3 is 2.67 bits per heavy atom. The maximum absolute atomic E-state index is 10.8. The van der Waals surface area contributed by atoms with Crippen LogP contribution < -0.4 is 5.32 Å². The van der Waals surface area contributed by atoms with Crippen LogP contribution in [0.4, 0.5) is 0 Å². The van der Waals surface area contributed by atoms with Gasteiger partial charge in [0.05, 0.1) is 0 Å². The lowest BCUT2D eigenvalue weighted by Crippen LogP contribution is -2.47. The van der Waals surface area contributed by atoms with Gasteiger partial charge >= 0.3 is 5.97 Å². The first-order chi connectivity index (χ1) is 6.92. The summed E-state index contributed by atoms with van der Waals surface area (Å²) in [4.78, 5) is 10.8. The third-order valence-electron chi connectivity index (χ3n) is 2.27. The van der Waals surface area contributed by atoms with Gasteiger partial charge in [-0.15, -0.1) is 0 Å². The molecule has 0 aromatic carbocycles. The molecule has 0 atom stereocenters. The van der Waals surface area contributed by atoms with E-state index in [1.54, 1.807) is 13.8 Å². The summed E-state index contributed by atoms with van der Waals surface area (Å²) in [6.45, 7) is 5.76. The van der Waals surface area contributed by atoms with Crippen molar-refractivity contribution in [1.29, 1.82) is 0 Å². The number of rotatable bonds is 5. The standard InChI is InChI=1S/C11H17NO3/c1-8-4-5-9(15-8)6-7-12-11(2,3)10(13)14/h4-5,12H,6-7H2,1-3H3,(H,13,14). The first-order valence-electron chi connectivity index (χ1n) is 4.95. The van der Waals surface area contributed by atoms with E-state index in [0.29, 0.717) is 13.0 Å². The molecule has 0 saturated carbocycles. The quantitative estimate of drug-likeness (QED) is 0.776. The smallest absolute Gasteiger partial charge is 0.323 e. The second kappa shape index (κ2) is 4.49. The summed E-state index contributed by atoms with van der Waals surface area (Å²) < 4.78 is 5.37. The Balaban J connectivity index is 2.36. The number of aliphatic carboxylic acids is 1. The van der Waals surface area contributed by atoms with Crippen LogP contribution in [0.5, 0.6) is 0 Å². The predicted octanol–water partition coefficient (Wildman–Crippen LogP) is 1.58. The highest BCUT2D eigenvalue weighted by molar-refractivity contribution is 5.77. The normalized spacial score (nSPS) is 11.7. The van der Waals surface area contributed by atoms with Gasteiger partial charge in [0.25, 0.3) is 0 Å². The van der Waals surface area contributed by atoms with Gasteiger partial charge in [0, 0.05) is 13.0 Å². The number of hydrogen-bond acceptors (Lipinski definition) is 3. The highest BCUT2D eigenvalue weighted by Gasteiger charge is 2.25. The zero-order valence-electron chi connectivity index (χ0n) is 9.33. The van der Waals surface area contributed by atoms with E-state index in [4.69, 9.17) is 9.52 Å². The third kappa shape index (κ3) is 3.40. The minimum Gasteiger partial charge on any atom is -0.480 e. The molecule has 0 aliphatic carbocycles. The molecule has 0 spiro atoms.